The maximum Gasteiger partial charge on any atom is 0.132 e. The monoisotopic (exact) mass is 347 g/mol. The first-order valence-electron chi connectivity index (χ1n) is 9.65. The van der Waals surface area contributed by atoms with E-state index in [0.717, 1.165) is 17.0 Å². The Kier molecular flexibility index (Phi) is 7.30. The minimum atomic E-state index is -0.482. The number of aliphatic imine (C=N–C) groups is 1. The summed E-state index contributed by atoms with van der Waals surface area (Å²) < 4.78 is 5.81. The zero-order valence-corrected chi connectivity index (χ0v) is 16.1. The molecule has 1 aliphatic heterocycles. The van der Waals surface area contributed by atoms with Gasteiger partial charge in [-0.05, 0) is 36.5 Å². The van der Waals surface area contributed by atoms with E-state index in [4.69, 9.17) is 4.74 Å². The summed E-state index contributed by atoms with van der Waals surface area (Å²) in [6.45, 7) is 9.37. The van der Waals surface area contributed by atoms with E-state index in [1.807, 2.05) is 6.07 Å². The highest BCUT2D eigenvalue weighted by atomic mass is 16.5. The van der Waals surface area contributed by atoms with E-state index in [1.54, 1.807) is 6.92 Å². The Morgan fingerprint density at radius 1 is 1.20 bits per heavy atom. The van der Waals surface area contributed by atoms with Crippen molar-refractivity contribution in [2.75, 3.05) is 13.2 Å². The number of aliphatic hydroxyl groups is 1. The van der Waals surface area contributed by atoms with Gasteiger partial charge in [0.2, 0.25) is 0 Å². The number of aliphatic hydroxyl groups excluding tert-OH is 1. The molecule has 0 spiro atoms. The summed E-state index contributed by atoms with van der Waals surface area (Å²) in [6, 6.07) is 3.93. The lowest BCUT2D eigenvalue weighted by molar-refractivity contribution is 0.203. The van der Waals surface area contributed by atoms with Crippen LogP contribution in [0.4, 0.5) is 0 Å². The van der Waals surface area contributed by atoms with Gasteiger partial charge in [0.15, 0.2) is 0 Å². The third kappa shape index (κ3) is 5.21. The number of hydrogen-bond donors (Lipinski definition) is 2. The first kappa shape index (κ1) is 19.8. The summed E-state index contributed by atoms with van der Waals surface area (Å²) in [6.07, 6.45) is 5.15. The molecule has 0 aromatic heterocycles. The molecule has 0 amide bonds. The van der Waals surface area contributed by atoms with Crippen molar-refractivity contribution in [2.24, 2.45) is 10.9 Å². The van der Waals surface area contributed by atoms with Crippen LogP contribution in [0.1, 0.15) is 76.8 Å². The van der Waals surface area contributed by atoms with E-state index < -0.39 is 6.10 Å². The van der Waals surface area contributed by atoms with Gasteiger partial charge in [-0.3, -0.25) is 4.99 Å². The lowest BCUT2D eigenvalue weighted by atomic mass is 9.84. The third-order valence-corrected chi connectivity index (χ3v) is 5.18. The predicted molar refractivity (Wildman–Crippen MR) is 103 cm³/mol. The van der Waals surface area contributed by atoms with Gasteiger partial charge < -0.3 is 14.9 Å². The Morgan fingerprint density at radius 2 is 1.96 bits per heavy atom. The van der Waals surface area contributed by atoms with Gasteiger partial charge in [-0.25, -0.2) is 0 Å². The molecule has 1 aromatic rings. The van der Waals surface area contributed by atoms with E-state index in [9.17, 15) is 10.2 Å². The fraction of sp³-hybridized carbons (Fsp3) is 0.667. The highest BCUT2D eigenvalue weighted by molar-refractivity contribution is 6.06. The number of hydrogen-bond acceptors (Lipinski definition) is 4. The second-order valence-corrected chi connectivity index (χ2v) is 7.41. The molecular weight excluding hydrogens is 314 g/mol. The van der Waals surface area contributed by atoms with Crippen LogP contribution in [0.5, 0.6) is 11.5 Å². The molecule has 0 saturated carbocycles. The van der Waals surface area contributed by atoms with Gasteiger partial charge in [0.1, 0.15) is 11.5 Å². The number of ether oxygens (including phenoxy) is 1. The molecule has 4 nitrogen and oxygen atoms in total. The smallest absolute Gasteiger partial charge is 0.132 e. The molecule has 0 bridgehead atoms. The van der Waals surface area contributed by atoms with E-state index in [1.165, 1.54) is 25.7 Å². The van der Waals surface area contributed by atoms with Crippen LogP contribution in [0.15, 0.2) is 17.1 Å². The molecule has 0 aliphatic carbocycles. The van der Waals surface area contributed by atoms with E-state index in [2.05, 4.69) is 31.8 Å². The lowest BCUT2D eigenvalue weighted by Crippen LogP contribution is -2.19. The average Bonchev–Trinajstić information content (AvgIpc) is 2.58. The molecule has 3 unspecified atom stereocenters. The van der Waals surface area contributed by atoms with Crippen LogP contribution in [-0.4, -0.2) is 35.2 Å². The Morgan fingerprint density at radius 3 is 2.64 bits per heavy atom. The molecule has 1 aliphatic rings. The molecule has 1 heterocycles. The SMILES string of the molecule is CCCCCC(C)C(C)c1cc(O)c2c(c1)OCCC2=NCC(C)O. The van der Waals surface area contributed by atoms with Crippen LogP contribution in [0.25, 0.3) is 0 Å². The second-order valence-electron chi connectivity index (χ2n) is 7.41. The van der Waals surface area contributed by atoms with Crippen molar-refractivity contribution in [3.63, 3.8) is 0 Å². The van der Waals surface area contributed by atoms with Gasteiger partial charge in [-0.2, -0.15) is 0 Å². The fourth-order valence-electron chi connectivity index (χ4n) is 3.37. The van der Waals surface area contributed by atoms with Gasteiger partial charge >= 0.3 is 0 Å². The van der Waals surface area contributed by atoms with Crippen molar-refractivity contribution < 1.29 is 14.9 Å². The normalized spacial score (nSPS) is 19.2. The van der Waals surface area contributed by atoms with Crippen LogP contribution < -0.4 is 4.74 Å². The molecule has 0 radical (unpaired) electrons. The van der Waals surface area contributed by atoms with E-state index >= 15 is 0 Å². The highest BCUT2D eigenvalue weighted by Gasteiger charge is 2.24. The third-order valence-electron chi connectivity index (χ3n) is 5.18. The van der Waals surface area contributed by atoms with Gasteiger partial charge in [-0.15, -0.1) is 0 Å². The van der Waals surface area contributed by atoms with E-state index in [0.29, 0.717) is 37.0 Å². The Bertz CT molecular complexity index is 595. The Balaban J connectivity index is 2.21. The van der Waals surface area contributed by atoms with Crippen molar-refractivity contribution in [3.8, 4) is 11.5 Å². The van der Waals surface area contributed by atoms with Crippen molar-refractivity contribution in [1.82, 2.24) is 0 Å². The Labute approximate surface area is 151 Å². The summed E-state index contributed by atoms with van der Waals surface area (Å²) in [4.78, 5) is 4.47. The van der Waals surface area contributed by atoms with Gasteiger partial charge in [0, 0.05) is 6.42 Å². The van der Waals surface area contributed by atoms with Crippen molar-refractivity contribution in [2.45, 2.75) is 71.8 Å². The number of phenolic OH excluding ortho intramolecular Hbond substituents is 1. The minimum Gasteiger partial charge on any atom is -0.507 e. The number of rotatable bonds is 8. The molecule has 1 aromatic carbocycles. The van der Waals surface area contributed by atoms with Gasteiger partial charge in [0.25, 0.3) is 0 Å². The number of fused-ring (bicyclic) bond motifs is 1. The summed E-state index contributed by atoms with van der Waals surface area (Å²) >= 11 is 0. The first-order chi connectivity index (χ1) is 11.9. The van der Waals surface area contributed by atoms with Crippen molar-refractivity contribution >= 4 is 5.71 Å². The van der Waals surface area contributed by atoms with Crippen LogP contribution in [0.3, 0.4) is 0 Å². The van der Waals surface area contributed by atoms with Gasteiger partial charge in [-0.1, -0.05) is 46.5 Å². The zero-order valence-electron chi connectivity index (χ0n) is 16.1. The van der Waals surface area contributed by atoms with Crippen LogP contribution in [-0.2, 0) is 0 Å². The van der Waals surface area contributed by atoms with E-state index in [-0.39, 0.29) is 5.75 Å². The van der Waals surface area contributed by atoms with Crippen molar-refractivity contribution in [1.29, 1.82) is 0 Å². The topological polar surface area (TPSA) is 62.0 Å². The summed E-state index contributed by atoms with van der Waals surface area (Å²) in [5.41, 5.74) is 2.65. The molecule has 2 N–H and O–H groups in total. The largest absolute Gasteiger partial charge is 0.507 e. The average molecular weight is 347 g/mol. The minimum absolute atomic E-state index is 0.240. The standard InChI is InChI=1S/C21H33NO3/c1-5-6-7-8-14(2)16(4)17-11-19(24)21-18(22-13-15(3)23)9-10-25-20(21)12-17/h11-12,14-16,23-24H,5-10,13H2,1-4H3. The van der Waals surface area contributed by atoms with Crippen LogP contribution in [0, 0.1) is 5.92 Å². The molecule has 2 rings (SSSR count). The summed E-state index contributed by atoms with van der Waals surface area (Å²) in [5.74, 6) is 1.90. The fourth-order valence-corrected chi connectivity index (χ4v) is 3.37. The molecule has 3 atom stereocenters. The Hall–Kier alpha value is -1.55. The molecule has 140 valence electrons. The number of unbranched alkanes of at least 4 members (excludes halogenated alkanes) is 2. The highest BCUT2D eigenvalue weighted by Crippen LogP contribution is 2.38. The molecule has 0 saturated heterocycles. The lowest BCUT2D eigenvalue weighted by Gasteiger charge is -2.25. The second kappa shape index (κ2) is 9.23. The maximum atomic E-state index is 10.6. The quantitative estimate of drug-likeness (QED) is 0.672. The number of aromatic hydroxyl groups is 1. The summed E-state index contributed by atoms with van der Waals surface area (Å²) in [5, 5.41) is 20.1. The predicted octanol–water partition coefficient (Wildman–Crippen LogP) is 4.66. The number of nitrogens with zero attached hydrogens (tertiary/aromatic N) is 1. The summed E-state index contributed by atoms with van der Waals surface area (Å²) in [7, 11) is 0. The number of phenols is 1. The number of benzene rings is 1. The zero-order chi connectivity index (χ0) is 18.4. The van der Waals surface area contributed by atoms with Gasteiger partial charge in [0.05, 0.1) is 30.5 Å². The molecule has 4 heteroatoms. The molecule has 25 heavy (non-hydrogen) atoms. The van der Waals surface area contributed by atoms with Crippen molar-refractivity contribution in [3.05, 3.63) is 23.3 Å². The molecule has 0 fully saturated rings. The van der Waals surface area contributed by atoms with Crippen LogP contribution in [0.2, 0.25) is 0 Å². The first-order valence-corrected chi connectivity index (χ1v) is 9.65. The maximum absolute atomic E-state index is 10.6. The van der Waals surface area contributed by atoms with Crippen LogP contribution >= 0.6 is 0 Å². The molecular formula is C21H33NO3.